The maximum Gasteiger partial charge on any atom is 0.115 e. The molecule has 0 aromatic heterocycles. The zero-order chi connectivity index (χ0) is 27.6. The van der Waals surface area contributed by atoms with Gasteiger partial charge in [0.15, 0.2) is 0 Å². The van der Waals surface area contributed by atoms with Gasteiger partial charge >= 0.3 is 0 Å². The Hall–Kier alpha value is -3.85. The number of para-hydroxylation sites is 2. The van der Waals surface area contributed by atoms with Crippen LogP contribution in [0.1, 0.15) is 55.4 Å². The van der Waals surface area contributed by atoms with Crippen LogP contribution in [0.2, 0.25) is 0 Å². The zero-order valence-corrected chi connectivity index (χ0v) is 23.5. The highest BCUT2D eigenvalue weighted by atomic mass is 16.3. The van der Waals surface area contributed by atoms with Crippen LogP contribution in [0.15, 0.2) is 126 Å². The van der Waals surface area contributed by atoms with E-state index in [1.807, 2.05) is 152 Å². The highest BCUT2D eigenvalue weighted by Gasteiger charge is 1.95. The second kappa shape index (κ2) is 24.3. The number of hydrogen-bond acceptors (Lipinski definition) is 3. The van der Waals surface area contributed by atoms with Crippen molar-refractivity contribution < 1.29 is 5.11 Å². The minimum Gasteiger partial charge on any atom is -0.508 e. The number of hydrogen-bond donors (Lipinski definition) is 2. The first kappa shape index (κ1) is 34.3. The highest BCUT2D eigenvalue weighted by molar-refractivity contribution is 6.07. The van der Waals surface area contributed by atoms with Crippen LogP contribution in [0.5, 0.6) is 5.75 Å². The van der Waals surface area contributed by atoms with Crippen molar-refractivity contribution in [2.45, 2.75) is 55.4 Å². The smallest absolute Gasteiger partial charge is 0.115 e. The Bertz CT molecular complexity index is 969. The number of rotatable bonds is 3. The van der Waals surface area contributed by atoms with Crippen LogP contribution < -0.4 is 5.32 Å². The van der Waals surface area contributed by atoms with E-state index in [9.17, 15) is 0 Å². The van der Waals surface area contributed by atoms with Gasteiger partial charge in [0, 0.05) is 11.4 Å². The molecule has 3 aromatic carbocycles. The van der Waals surface area contributed by atoms with Gasteiger partial charge in [0.2, 0.25) is 0 Å². The van der Waals surface area contributed by atoms with E-state index in [1.54, 1.807) is 12.1 Å². The molecular weight excluding hydrogens is 440 g/mol. The minimum atomic E-state index is 0.281. The predicted octanol–water partition coefficient (Wildman–Crippen LogP) is 10.7. The monoisotopic (exact) mass is 486 g/mol. The van der Waals surface area contributed by atoms with E-state index < -0.39 is 0 Å². The summed E-state index contributed by atoms with van der Waals surface area (Å²) >= 11 is 0. The van der Waals surface area contributed by atoms with Crippen LogP contribution in [0.4, 0.5) is 17.1 Å². The second-order valence-electron chi connectivity index (χ2n) is 6.15. The molecule has 3 heteroatoms. The fourth-order valence-electron chi connectivity index (χ4n) is 2.46. The molecule has 0 aliphatic heterocycles. The summed E-state index contributed by atoms with van der Waals surface area (Å²) in [5.41, 5.74) is 4.96. The second-order valence-corrected chi connectivity index (χ2v) is 6.15. The van der Waals surface area contributed by atoms with E-state index in [2.05, 4.69) is 16.9 Å². The van der Waals surface area contributed by atoms with Crippen molar-refractivity contribution in [2.24, 2.45) is 4.99 Å². The van der Waals surface area contributed by atoms with Gasteiger partial charge in [-0.15, -0.1) is 0 Å². The Morgan fingerprint density at radius 1 is 0.556 bits per heavy atom. The summed E-state index contributed by atoms with van der Waals surface area (Å²) in [6, 6.07) is 26.8. The van der Waals surface area contributed by atoms with Crippen molar-refractivity contribution in [1.82, 2.24) is 0 Å². The lowest BCUT2D eigenvalue weighted by molar-refractivity contribution is 0.475. The minimum absolute atomic E-state index is 0.281. The summed E-state index contributed by atoms with van der Waals surface area (Å²) in [7, 11) is 0. The molecule has 0 unspecified atom stereocenters. The van der Waals surface area contributed by atoms with Crippen molar-refractivity contribution in [1.29, 1.82) is 0 Å². The number of nitrogens with one attached hydrogen (secondary N) is 1. The number of benzene rings is 3. The summed E-state index contributed by atoms with van der Waals surface area (Å²) in [6.07, 6.45) is 7.86. The molecule has 0 radical (unpaired) electrons. The van der Waals surface area contributed by atoms with E-state index in [-0.39, 0.29) is 5.75 Å². The number of phenols is 1. The summed E-state index contributed by atoms with van der Waals surface area (Å²) in [6.45, 7) is 19.8. The number of nitrogens with zero attached hydrogens (tertiary/aromatic N) is 1. The molecule has 0 bridgehead atoms. The lowest BCUT2D eigenvalue weighted by atomic mass is 10.1. The van der Waals surface area contributed by atoms with Gasteiger partial charge < -0.3 is 10.4 Å². The molecule has 36 heavy (non-hydrogen) atoms. The molecule has 0 heterocycles. The molecule has 0 atom stereocenters. The third-order valence-corrected chi connectivity index (χ3v) is 3.88. The largest absolute Gasteiger partial charge is 0.508 e. The first-order valence-electron chi connectivity index (χ1n) is 13.0. The number of aliphatic imine (C=N–C) groups is 1. The molecule has 0 spiro atoms. The average Bonchev–Trinajstić information content (AvgIpc) is 2.97. The van der Waals surface area contributed by atoms with E-state index in [0.717, 1.165) is 28.3 Å². The van der Waals surface area contributed by atoms with E-state index >= 15 is 0 Å². The Labute approximate surface area is 220 Å². The van der Waals surface area contributed by atoms with Gasteiger partial charge in [-0.3, -0.25) is 0 Å². The van der Waals surface area contributed by atoms with Gasteiger partial charge in [0.25, 0.3) is 0 Å². The van der Waals surface area contributed by atoms with Gasteiger partial charge in [0.05, 0.1) is 11.4 Å². The van der Waals surface area contributed by atoms with Crippen molar-refractivity contribution in [3.8, 4) is 5.75 Å². The molecule has 3 aromatic rings. The number of phenolic OH excluding ortho intramolecular Hbond substituents is 1. The van der Waals surface area contributed by atoms with Crippen LogP contribution in [0.3, 0.4) is 0 Å². The fraction of sp³-hybridized carbons (Fsp3) is 0.242. The van der Waals surface area contributed by atoms with Crippen LogP contribution in [0, 0.1) is 0 Å². The summed E-state index contributed by atoms with van der Waals surface area (Å²) in [5.74, 6) is 0.281. The van der Waals surface area contributed by atoms with Gasteiger partial charge in [-0.05, 0) is 66.3 Å². The molecule has 0 amide bonds. The van der Waals surface area contributed by atoms with Crippen molar-refractivity contribution in [3.63, 3.8) is 0 Å². The topological polar surface area (TPSA) is 44.6 Å². The van der Waals surface area contributed by atoms with Crippen LogP contribution in [-0.2, 0) is 0 Å². The van der Waals surface area contributed by atoms with E-state index in [1.165, 1.54) is 0 Å². The average molecular weight is 487 g/mol. The molecule has 3 nitrogen and oxygen atoms in total. The Morgan fingerprint density at radius 3 is 1.44 bits per heavy atom. The quantitative estimate of drug-likeness (QED) is 0.362. The molecule has 2 N–H and O–H groups in total. The fourth-order valence-corrected chi connectivity index (χ4v) is 2.46. The molecule has 194 valence electrons. The van der Waals surface area contributed by atoms with Crippen LogP contribution >= 0.6 is 0 Å². The summed E-state index contributed by atoms with van der Waals surface area (Å²) in [4.78, 5) is 4.45. The molecule has 0 saturated heterocycles. The third kappa shape index (κ3) is 15.9. The number of allylic oxidation sites excluding steroid dienone is 5. The molecule has 0 fully saturated rings. The maximum atomic E-state index is 9.09. The van der Waals surface area contributed by atoms with Crippen molar-refractivity contribution in [2.75, 3.05) is 5.32 Å². The van der Waals surface area contributed by atoms with E-state index in [4.69, 9.17) is 5.11 Å². The number of anilines is 2. The maximum absolute atomic E-state index is 9.09. The van der Waals surface area contributed by atoms with Gasteiger partial charge in [0.1, 0.15) is 5.75 Å². The first-order chi connectivity index (χ1) is 17.7. The van der Waals surface area contributed by atoms with Crippen LogP contribution in [-0.4, -0.2) is 10.8 Å². The van der Waals surface area contributed by atoms with Gasteiger partial charge in [-0.25, -0.2) is 4.99 Å². The molecule has 1 aliphatic carbocycles. The lowest BCUT2D eigenvalue weighted by Crippen LogP contribution is -1.91. The predicted molar refractivity (Wildman–Crippen MR) is 164 cm³/mol. The summed E-state index contributed by atoms with van der Waals surface area (Å²) in [5, 5.41) is 12.3. The normalized spacial score (nSPS) is 10.1. The molecule has 1 aliphatic rings. The van der Waals surface area contributed by atoms with Crippen molar-refractivity contribution >= 4 is 22.8 Å². The SMILES string of the molecule is C=C1C=CC(=Nc2ccccc2)C=C1.CC.CC.CC.CC.Oc1ccc(Nc2ccccc2)cc1. The lowest BCUT2D eigenvalue weighted by Gasteiger charge is -2.05. The van der Waals surface area contributed by atoms with Gasteiger partial charge in [-0.2, -0.15) is 0 Å². The standard InChI is InChI=1S/C13H11N.C12H11NO.4C2H6/c1-11-7-9-13(10-8-11)14-12-5-3-2-4-6-12;14-12-8-6-11(7-9-12)13-10-4-2-1-3-5-10;4*1-2/h2-10H,1H2;1-9,13-14H;4*1-2H3. The van der Waals surface area contributed by atoms with Crippen LogP contribution in [0.25, 0.3) is 0 Å². The zero-order valence-electron chi connectivity index (χ0n) is 23.5. The Morgan fingerprint density at radius 2 is 0.972 bits per heavy atom. The van der Waals surface area contributed by atoms with Crippen molar-refractivity contribution in [3.05, 3.63) is 121 Å². The number of aromatic hydroxyl groups is 1. The molecular formula is C33H46N2O. The first-order valence-corrected chi connectivity index (χ1v) is 13.0. The molecule has 0 saturated carbocycles. The summed E-state index contributed by atoms with van der Waals surface area (Å²) < 4.78 is 0. The third-order valence-electron chi connectivity index (χ3n) is 3.88. The Kier molecular flexibility index (Phi) is 23.1. The Balaban J connectivity index is 0. The van der Waals surface area contributed by atoms with Gasteiger partial charge in [-0.1, -0.05) is 111 Å². The highest BCUT2D eigenvalue weighted by Crippen LogP contribution is 2.18. The van der Waals surface area contributed by atoms with E-state index in [0.29, 0.717) is 0 Å². The molecule has 4 rings (SSSR count).